The summed E-state index contributed by atoms with van der Waals surface area (Å²) in [7, 11) is 1.62. The number of anilines is 1. The van der Waals surface area contributed by atoms with Crippen LogP contribution in [0.1, 0.15) is 4.88 Å². The smallest absolute Gasteiger partial charge is 0.228 e. The minimum atomic E-state index is 0.601. The van der Waals surface area contributed by atoms with Crippen molar-refractivity contribution < 1.29 is 4.74 Å². The van der Waals surface area contributed by atoms with Gasteiger partial charge in [0, 0.05) is 49.5 Å². The standard InChI is InChI=1S/C16H17N5OS/c1-22-14-4-5-17-16(19-14)21-8-6-20(7-9-21)15-12(11-18-15)13-3-2-10-23-13/h2-5,10-11H,6-9H2,1H3. The molecule has 0 aromatic carbocycles. The van der Waals surface area contributed by atoms with E-state index in [1.54, 1.807) is 30.7 Å². The third-order valence-corrected chi connectivity index (χ3v) is 4.94. The van der Waals surface area contributed by atoms with Crippen LogP contribution in [0, 0.1) is 0 Å². The van der Waals surface area contributed by atoms with Crippen LogP contribution in [0.2, 0.25) is 0 Å². The number of hydrogen-bond donors (Lipinski definition) is 0. The summed E-state index contributed by atoms with van der Waals surface area (Å²) in [6.07, 6.45) is 3.69. The van der Waals surface area contributed by atoms with Gasteiger partial charge in [-0.25, -0.2) is 9.98 Å². The van der Waals surface area contributed by atoms with Crippen molar-refractivity contribution in [2.75, 3.05) is 38.2 Å². The van der Waals surface area contributed by atoms with E-state index >= 15 is 0 Å². The molecular weight excluding hydrogens is 310 g/mol. The summed E-state index contributed by atoms with van der Waals surface area (Å²) in [6, 6.07) is 5.99. The number of piperazine rings is 1. The maximum absolute atomic E-state index is 5.17. The molecule has 0 aliphatic carbocycles. The molecule has 2 aliphatic heterocycles. The van der Waals surface area contributed by atoms with Crippen molar-refractivity contribution in [2.24, 2.45) is 4.99 Å². The van der Waals surface area contributed by atoms with Gasteiger partial charge in [-0.2, -0.15) is 4.98 Å². The van der Waals surface area contributed by atoms with Gasteiger partial charge in [-0.3, -0.25) is 0 Å². The first-order valence-electron chi connectivity index (χ1n) is 7.54. The van der Waals surface area contributed by atoms with Crippen LogP contribution >= 0.6 is 11.3 Å². The molecule has 118 valence electrons. The second kappa shape index (κ2) is 6.00. The molecule has 4 heterocycles. The van der Waals surface area contributed by atoms with Crippen LogP contribution in [0.25, 0.3) is 5.57 Å². The first-order valence-corrected chi connectivity index (χ1v) is 8.42. The number of hydrogen-bond acceptors (Lipinski definition) is 7. The van der Waals surface area contributed by atoms with Crippen LogP contribution in [-0.2, 0) is 0 Å². The Bertz CT molecular complexity index is 748. The Morgan fingerprint density at radius 1 is 1.13 bits per heavy atom. The molecule has 0 spiro atoms. The molecule has 1 fully saturated rings. The van der Waals surface area contributed by atoms with Crippen molar-refractivity contribution in [3.63, 3.8) is 0 Å². The van der Waals surface area contributed by atoms with Gasteiger partial charge in [0.15, 0.2) is 0 Å². The third kappa shape index (κ3) is 2.68. The highest BCUT2D eigenvalue weighted by molar-refractivity contribution is 7.11. The van der Waals surface area contributed by atoms with Gasteiger partial charge in [-0.15, -0.1) is 11.3 Å². The fraction of sp³-hybridized carbons (Fsp3) is 0.312. The minimum absolute atomic E-state index is 0.601. The van der Waals surface area contributed by atoms with E-state index in [-0.39, 0.29) is 0 Å². The van der Waals surface area contributed by atoms with Gasteiger partial charge in [0.2, 0.25) is 11.8 Å². The normalized spacial score (nSPS) is 17.4. The Kier molecular flexibility index (Phi) is 3.70. The van der Waals surface area contributed by atoms with E-state index in [1.165, 1.54) is 10.5 Å². The lowest BCUT2D eigenvalue weighted by Gasteiger charge is -2.38. The predicted octanol–water partition coefficient (Wildman–Crippen LogP) is 2.12. The molecule has 2 aromatic heterocycles. The zero-order valence-electron chi connectivity index (χ0n) is 12.8. The van der Waals surface area contributed by atoms with Crippen LogP contribution in [0.5, 0.6) is 5.88 Å². The molecule has 2 aromatic rings. The summed E-state index contributed by atoms with van der Waals surface area (Å²) in [5, 5.41) is 2.10. The summed E-state index contributed by atoms with van der Waals surface area (Å²) in [5.74, 6) is 2.44. The van der Waals surface area contributed by atoms with E-state index < -0.39 is 0 Å². The maximum Gasteiger partial charge on any atom is 0.228 e. The summed E-state index contributed by atoms with van der Waals surface area (Å²) in [4.78, 5) is 19.0. The van der Waals surface area contributed by atoms with Crippen molar-refractivity contribution in [3.8, 4) is 5.88 Å². The molecule has 0 N–H and O–H groups in total. The van der Waals surface area contributed by atoms with E-state index in [1.807, 2.05) is 6.20 Å². The van der Waals surface area contributed by atoms with E-state index in [0.717, 1.165) is 38.0 Å². The van der Waals surface area contributed by atoms with Crippen molar-refractivity contribution in [1.29, 1.82) is 0 Å². The summed E-state index contributed by atoms with van der Waals surface area (Å²) in [6.45, 7) is 3.60. The summed E-state index contributed by atoms with van der Waals surface area (Å²) in [5.41, 5.74) is 1.26. The van der Waals surface area contributed by atoms with Crippen LogP contribution in [0.3, 0.4) is 0 Å². The van der Waals surface area contributed by atoms with Gasteiger partial charge in [-0.1, -0.05) is 6.07 Å². The number of amidine groups is 1. The van der Waals surface area contributed by atoms with E-state index in [2.05, 4.69) is 42.3 Å². The fourth-order valence-electron chi connectivity index (χ4n) is 2.76. The lowest BCUT2D eigenvalue weighted by Crippen LogP contribution is -2.50. The van der Waals surface area contributed by atoms with Crippen LogP contribution in [0.15, 0.2) is 41.0 Å². The molecule has 6 nitrogen and oxygen atoms in total. The number of nitrogens with zero attached hydrogens (tertiary/aromatic N) is 5. The molecule has 1 saturated heterocycles. The SMILES string of the molecule is COc1ccnc(N2CCN(C3=NC=C3c3cccs3)CC2)n1. The Morgan fingerprint density at radius 3 is 2.61 bits per heavy atom. The van der Waals surface area contributed by atoms with E-state index in [0.29, 0.717) is 5.88 Å². The van der Waals surface area contributed by atoms with Crippen LogP contribution < -0.4 is 9.64 Å². The molecule has 0 radical (unpaired) electrons. The first kappa shape index (κ1) is 14.2. The van der Waals surface area contributed by atoms with E-state index in [4.69, 9.17) is 4.74 Å². The van der Waals surface area contributed by atoms with Crippen LogP contribution in [0.4, 0.5) is 5.95 Å². The molecule has 0 saturated carbocycles. The Morgan fingerprint density at radius 2 is 1.96 bits per heavy atom. The molecule has 4 rings (SSSR count). The number of thiophene rings is 1. The molecule has 0 atom stereocenters. The molecular formula is C16H17N5OS. The zero-order chi connectivity index (χ0) is 15.6. The van der Waals surface area contributed by atoms with Gasteiger partial charge in [0.1, 0.15) is 5.84 Å². The maximum atomic E-state index is 5.17. The average molecular weight is 327 g/mol. The first-order chi connectivity index (χ1) is 11.3. The number of aromatic nitrogens is 2. The van der Waals surface area contributed by atoms with Gasteiger partial charge in [-0.05, 0) is 11.4 Å². The molecule has 2 aliphatic rings. The molecule has 0 unspecified atom stereocenters. The highest BCUT2D eigenvalue weighted by Gasteiger charge is 2.27. The van der Waals surface area contributed by atoms with E-state index in [9.17, 15) is 0 Å². The number of methoxy groups -OCH3 is 1. The van der Waals surface area contributed by atoms with Gasteiger partial charge >= 0.3 is 0 Å². The number of ether oxygens (including phenoxy) is 1. The molecule has 0 bridgehead atoms. The quantitative estimate of drug-likeness (QED) is 0.864. The van der Waals surface area contributed by atoms with Crippen molar-refractivity contribution in [2.45, 2.75) is 0 Å². The topological polar surface area (TPSA) is 53.9 Å². The molecule has 0 amide bonds. The van der Waals surface area contributed by atoms with Gasteiger partial charge < -0.3 is 14.5 Å². The third-order valence-electron chi connectivity index (χ3n) is 4.03. The summed E-state index contributed by atoms with van der Waals surface area (Å²) >= 11 is 1.76. The second-order valence-corrected chi connectivity index (χ2v) is 6.29. The van der Waals surface area contributed by atoms with Crippen molar-refractivity contribution >= 4 is 28.7 Å². The number of aliphatic imine (C=N–C) groups is 1. The van der Waals surface area contributed by atoms with Gasteiger partial charge in [0.05, 0.1) is 12.7 Å². The Hall–Kier alpha value is -2.41. The predicted molar refractivity (Wildman–Crippen MR) is 92.1 cm³/mol. The second-order valence-electron chi connectivity index (χ2n) is 5.35. The fourth-order valence-corrected chi connectivity index (χ4v) is 3.49. The Balaban J connectivity index is 1.40. The number of rotatable bonds is 3. The van der Waals surface area contributed by atoms with Crippen molar-refractivity contribution in [3.05, 3.63) is 40.9 Å². The summed E-state index contributed by atoms with van der Waals surface area (Å²) < 4.78 is 5.17. The zero-order valence-corrected chi connectivity index (χ0v) is 13.7. The molecule has 23 heavy (non-hydrogen) atoms. The monoisotopic (exact) mass is 327 g/mol. The van der Waals surface area contributed by atoms with Gasteiger partial charge in [0.25, 0.3) is 0 Å². The minimum Gasteiger partial charge on any atom is -0.481 e. The lowest BCUT2D eigenvalue weighted by atomic mass is 10.1. The Labute approximate surface area is 138 Å². The van der Waals surface area contributed by atoms with Crippen LogP contribution in [-0.4, -0.2) is 54.0 Å². The lowest BCUT2D eigenvalue weighted by molar-refractivity contribution is 0.378. The van der Waals surface area contributed by atoms with Crippen molar-refractivity contribution in [1.82, 2.24) is 14.9 Å². The highest BCUT2D eigenvalue weighted by Crippen LogP contribution is 2.29. The average Bonchev–Trinajstić information content (AvgIpc) is 3.08. The highest BCUT2D eigenvalue weighted by atomic mass is 32.1. The molecule has 7 heteroatoms. The largest absolute Gasteiger partial charge is 0.481 e.